The smallest absolute Gasteiger partial charge is 0.335 e. The molecule has 2 rings (SSSR count). The normalized spacial score (nSPS) is 17.1. The summed E-state index contributed by atoms with van der Waals surface area (Å²) < 4.78 is 30.5. The number of aromatic carboxylic acids is 1. The van der Waals surface area contributed by atoms with E-state index in [1.54, 1.807) is 19.9 Å². The highest BCUT2D eigenvalue weighted by molar-refractivity contribution is 7.92. The Morgan fingerprint density at radius 3 is 2.35 bits per heavy atom. The third-order valence-electron chi connectivity index (χ3n) is 3.67. The zero-order chi connectivity index (χ0) is 14.9. The third kappa shape index (κ3) is 2.71. The topological polar surface area (TPSA) is 80.7 Å². The maximum atomic E-state index is 12.6. The Morgan fingerprint density at radius 2 is 1.80 bits per heavy atom. The van der Waals surface area contributed by atoms with Gasteiger partial charge in [-0.15, -0.1) is 0 Å². The molecule has 0 spiro atoms. The van der Waals surface area contributed by atoms with Crippen molar-refractivity contribution in [2.45, 2.75) is 36.8 Å². The van der Waals surface area contributed by atoms with Crippen molar-refractivity contribution >= 4 is 15.8 Å². The van der Waals surface area contributed by atoms with Crippen molar-refractivity contribution in [2.75, 3.05) is 13.2 Å². The molecule has 0 radical (unpaired) electrons. The van der Waals surface area contributed by atoms with Gasteiger partial charge in [-0.3, -0.25) is 0 Å². The number of ether oxygens (including phenoxy) is 1. The zero-order valence-corrected chi connectivity index (χ0v) is 12.4. The first-order valence-corrected chi connectivity index (χ1v) is 8.05. The molecule has 0 amide bonds. The highest BCUT2D eigenvalue weighted by Gasteiger charge is 2.31. The van der Waals surface area contributed by atoms with Crippen LogP contribution in [0.2, 0.25) is 0 Å². The highest BCUT2D eigenvalue weighted by atomic mass is 32.2. The summed E-state index contributed by atoms with van der Waals surface area (Å²) in [6.45, 7) is 4.23. The van der Waals surface area contributed by atoms with E-state index in [1.807, 2.05) is 0 Å². The molecule has 1 saturated heterocycles. The number of aryl methyl sites for hydroxylation is 2. The minimum atomic E-state index is -3.51. The summed E-state index contributed by atoms with van der Waals surface area (Å²) in [5.74, 6) is -1.11. The molecule has 0 aliphatic carbocycles. The third-order valence-corrected chi connectivity index (χ3v) is 6.07. The Morgan fingerprint density at radius 1 is 1.20 bits per heavy atom. The number of hydrogen-bond donors (Lipinski definition) is 1. The van der Waals surface area contributed by atoms with Crippen LogP contribution in [0.5, 0.6) is 0 Å². The molecule has 0 saturated carbocycles. The fourth-order valence-electron chi connectivity index (χ4n) is 2.54. The van der Waals surface area contributed by atoms with Crippen molar-refractivity contribution < 1.29 is 23.1 Å². The first-order valence-electron chi connectivity index (χ1n) is 6.50. The van der Waals surface area contributed by atoms with Crippen molar-refractivity contribution in [3.63, 3.8) is 0 Å². The van der Waals surface area contributed by atoms with Crippen LogP contribution in [-0.2, 0) is 14.6 Å². The molecule has 1 heterocycles. The van der Waals surface area contributed by atoms with Gasteiger partial charge in [0.25, 0.3) is 0 Å². The number of sulfone groups is 1. The number of rotatable bonds is 3. The van der Waals surface area contributed by atoms with Crippen LogP contribution in [0.4, 0.5) is 0 Å². The first-order chi connectivity index (χ1) is 9.34. The van der Waals surface area contributed by atoms with Crippen LogP contribution >= 0.6 is 0 Å². The summed E-state index contributed by atoms with van der Waals surface area (Å²) in [5, 5.41) is 8.66. The summed E-state index contributed by atoms with van der Waals surface area (Å²) in [4.78, 5) is 11.3. The summed E-state index contributed by atoms with van der Waals surface area (Å²) in [6, 6.07) is 2.91. The number of carboxylic acids is 1. The summed E-state index contributed by atoms with van der Waals surface area (Å²) in [7, 11) is -3.51. The van der Waals surface area contributed by atoms with Gasteiger partial charge in [0.1, 0.15) is 0 Å². The molecule has 0 unspecified atom stereocenters. The fraction of sp³-hybridized carbons (Fsp3) is 0.500. The van der Waals surface area contributed by atoms with Crippen molar-refractivity contribution in [1.29, 1.82) is 0 Å². The molecule has 1 fully saturated rings. The van der Waals surface area contributed by atoms with Gasteiger partial charge in [-0.05, 0) is 43.9 Å². The van der Waals surface area contributed by atoms with E-state index in [0.717, 1.165) is 0 Å². The lowest BCUT2D eigenvalue weighted by Crippen LogP contribution is -2.29. The molecule has 1 aliphatic heterocycles. The van der Waals surface area contributed by atoms with E-state index < -0.39 is 21.1 Å². The maximum absolute atomic E-state index is 12.6. The van der Waals surface area contributed by atoms with Gasteiger partial charge in [-0.25, -0.2) is 13.2 Å². The molecular formula is C14H18O5S. The first kappa shape index (κ1) is 15.0. The van der Waals surface area contributed by atoms with E-state index in [-0.39, 0.29) is 10.5 Å². The van der Waals surface area contributed by atoms with Crippen molar-refractivity contribution in [2.24, 2.45) is 0 Å². The maximum Gasteiger partial charge on any atom is 0.335 e. The predicted molar refractivity (Wildman–Crippen MR) is 73.9 cm³/mol. The lowest BCUT2D eigenvalue weighted by Gasteiger charge is -2.23. The number of benzene rings is 1. The summed E-state index contributed by atoms with van der Waals surface area (Å²) in [5.41, 5.74) is 1.21. The van der Waals surface area contributed by atoms with E-state index in [9.17, 15) is 13.2 Å². The van der Waals surface area contributed by atoms with Gasteiger partial charge in [0.15, 0.2) is 9.84 Å². The minimum Gasteiger partial charge on any atom is -0.478 e. The second-order valence-electron chi connectivity index (χ2n) is 5.09. The number of carbonyl (C=O) groups is 1. The molecule has 20 heavy (non-hydrogen) atoms. The highest BCUT2D eigenvalue weighted by Crippen LogP contribution is 2.28. The lowest BCUT2D eigenvalue weighted by atomic mass is 10.1. The van der Waals surface area contributed by atoms with E-state index in [4.69, 9.17) is 9.84 Å². The summed E-state index contributed by atoms with van der Waals surface area (Å²) >= 11 is 0. The fourth-order valence-corrected chi connectivity index (χ4v) is 4.50. The molecule has 1 aliphatic rings. The Kier molecular flexibility index (Phi) is 4.15. The van der Waals surface area contributed by atoms with Gasteiger partial charge in [-0.2, -0.15) is 0 Å². The minimum absolute atomic E-state index is 0.0428. The lowest BCUT2D eigenvalue weighted by molar-refractivity contribution is 0.0695. The van der Waals surface area contributed by atoms with Gasteiger partial charge < -0.3 is 9.84 Å². The standard InChI is InChI=1S/C14H18O5S/c1-9-7-10(2)13(8-12(9)14(15)16)20(17,18)11-3-5-19-6-4-11/h7-8,11H,3-6H2,1-2H3,(H,15,16). The Bertz CT molecular complexity index is 627. The quantitative estimate of drug-likeness (QED) is 0.922. The summed E-state index contributed by atoms with van der Waals surface area (Å²) in [6.07, 6.45) is 0.913. The molecule has 0 atom stereocenters. The van der Waals surface area contributed by atoms with Crippen LogP contribution in [0, 0.1) is 13.8 Å². The average molecular weight is 298 g/mol. The van der Waals surface area contributed by atoms with E-state index in [0.29, 0.717) is 37.2 Å². The van der Waals surface area contributed by atoms with E-state index in [1.165, 1.54) is 6.07 Å². The molecule has 5 nitrogen and oxygen atoms in total. The second-order valence-corrected chi connectivity index (χ2v) is 7.29. The Hall–Kier alpha value is -1.40. The molecule has 6 heteroatoms. The van der Waals surface area contributed by atoms with Crippen molar-refractivity contribution in [3.8, 4) is 0 Å². The second kappa shape index (κ2) is 5.54. The van der Waals surface area contributed by atoms with Gasteiger partial charge in [0.2, 0.25) is 0 Å². The van der Waals surface area contributed by atoms with Gasteiger partial charge >= 0.3 is 5.97 Å². The molecule has 1 N–H and O–H groups in total. The average Bonchev–Trinajstić information content (AvgIpc) is 2.39. The van der Waals surface area contributed by atoms with E-state index in [2.05, 4.69) is 0 Å². The molecule has 110 valence electrons. The zero-order valence-electron chi connectivity index (χ0n) is 11.5. The Balaban J connectivity index is 2.50. The van der Waals surface area contributed by atoms with E-state index >= 15 is 0 Å². The van der Waals surface area contributed by atoms with Crippen molar-refractivity contribution in [3.05, 3.63) is 28.8 Å². The number of carboxylic acid groups (broad SMARTS) is 1. The molecule has 1 aromatic carbocycles. The molecule has 0 bridgehead atoms. The van der Waals surface area contributed by atoms with Crippen LogP contribution in [-0.4, -0.2) is 38.0 Å². The van der Waals surface area contributed by atoms with Gasteiger partial charge in [0, 0.05) is 13.2 Å². The monoisotopic (exact) mass is 298 g/mol. The predicted octanol–water partition coefficient (Wildman–Crippen LogP) is 1.95. The van der Waals surface area contributed by atoms with Gasteiger partial charge in [-0.1, -0.05) is 6.07 Å². The van der Waals surface area contributed by atoms with Crippen LogP contribution in [0.3, 0.4) is 0 Å². The molecule has 0 aromatic heterocycles. The SMILES string of the molecule is Cc1cc(C)c(S(=O)(=O)C2CCOCC2)cc1C(=O)O. The van der Waals surface area contributed by atoms with Crippen LogP contribution < -0.4 is 0 Å². The van der Waals surface area contributed by atoms with Crippen LogP contribution in [0.1, 0.15) is 34.3 Å². The van der Waals surface area contributed by atoms with Crippen LogP contribution in [0.15, 0.2) is 17.0 Å². The van der Waals surface area contributed by atoms with Gasteiger partial charge in [0.05, 0.1) is 15.7 Å². The van der Waals surface area contributed by atoms with Crippen LogP contribution in [0.25, 0.3) is 0 Å². The molecular weight excluding hydrogens is 280 g/mol. The van der Waals surface area contributed by atoms with Crippen molar-refractivity contribution in [1.82, 2.24) is 0 Å². The Labute approximate surface area is 118 Å². The largest absolute Gasteiger partial charge is 0.478 e. The molecule has 1 aromatic rings. The number of hydrogen-bond acceptors (Lipinski definition) is 4.